The zero-order chi connectivity index (χ0) is 20.3. The molecule has 0 saturated carbocycles. The van der Waals surface area contributed by atoms with Gasteiger partial charge in [-0.2, -0.15) is 13.2 Å². The average Bonchev–Trinajstić information content (AvgIpc) is 2.95. The fourth-order valence-corrected chi connectivity index (χ4v) is 3.22. The molecule has 1 heterocycles. The number of urea groups is 1. The zero-order valence-corrected chi connectivity index (χ0v) is 15.3. The Hall–Kier alpha value is -2.74. The van der Waals surface area contributed by atoms with Crippen molar-refractivity contribution in [2.75, 3.05) is 11.9 Å². The van der Waals surface area contributed by atoms with Crippen LogP contribution in [0.5, 0.6) is 0 Å². The maximum Gasteiger partial charge on any atom is 0.417 e. The molecular weight excluding hydrogens is 395 g/mol. The van der Waals surface area contributed by atoms with E-state index >= 15 is 0 Å². The molecule has 1 unspecified atom stereocenters. The Morgan fingerprint density at radius 2 is 1.89 bits per heavy atom. The van der Waals surface area contributed by atoms with Crippen LogP contribution in [0.3, 0.4) is 0 Å². The minimum atomic E-state index is -4.62. The van der Waals surface area contributed by atoms with E-state index in [2.05, 4.69) is 10.6 Å². The van der Waals surface area contributed by atoms with E-state index in [1.165, 1.54) is 6.07 Å². The highest BCUT2D eigenvalue weighted by molar-refractivity contribution is 6.31. The summed E-state index contributed by atoms with van der Waals surface area (Å²) in [5, 5.41) is 4.52. The van der Waals surface area contributed by atoms with E-state index in [4.69, 9.17) is 11.6 Å². The van der Waals surface area contributed by atoms with Gasteiger partial charge in [-0.3, -0.25) is 4.79 Å². The van der Waals surface area contributed by atoms with Crippen molar-refractivity contribution in [2.24, 2.45) is 0 Å². The monoisotopic (exact) mass is 411 g/mol. The molecule has 0 aliphatic carbocycles. The minimum absolute atomic E-state index is 0.0420. The summed E-state index contributed by atoms with van der Waals surface area (Å²) < 4.78 is 38.7. The summed E-state index contributed by atoms with van der Waals surface area (Å²) in [5.74, 6) is -0.0972. The van der Waals surface area contributed by atoms with Crippen molar-refractivity contribution in [2.45, 2.75) is 25.2 Å². The second kappa shape index (κ2) is 8.10. The van der Waals surface area contributed by atoms with Gasteiger partial charge in [-0.1, -0.05) is 41.9 Å². The summed E-state index contributed by atoms with van der Waals surface area (Å²) >= 11 is 5.56. The van der Waals surface area contributed by atoms with E-state index in [-0.39, 0.29) is 18.0 Å². The summed E-state index contributed by atoms with van der Waals surface area (Å²) in [6.45, 7) is 0.765. The van der Waals surface area contributed by atoms with E-state index in [1.54, 1.807) is 4.90 Å². The van der Waals surface area contributed by atoms with Crippen molar-refractivity contribution in [1.82, 2.24) is 10.2 Å². The molecule has 3 rings (SSSR count). The standard InChI is InChI=1S/C19H17ClF3N3O2/c20-16-7-6-13(8-15(16)19(21,22)23)24-18(28)25-14-9-17(27)26(11-14)10-12-4-2-1-3-5-12/h1-8,14H,9-11H2,(H2,24,25,28). The summed E-state index contributed by atoms with van der Waals surface area (Å²) in [5.41, 5.74) is -0.0986. The zero-order valence-electron chi connectivity index (χ0n) is 14.6. The molecule has 1 aliphatic heterocycles. The number of anilines is 1. The number of hydrogen-bond donors (Lipinski definition) is 2. The lowest BCUT2D eigenvalue weighted by Crippen LogP contribution is -2.39. The molecule has 2 aromatic rings. The Bertz CT molecular complexity index is 874. The van der Waals surface area contributed by atoms with Crippen LogP contribution >= 0.6 is 11.6 Å². The number of benzene rings is 2. The lowest BCUT2D eigenvalue weighted by Gasteiger charge is -2.17. The number of carbonyl (C=O) groups is 2. The van der Waals surface area contributed by atoms with E-state index in [0.717, 1.165) is 17.7 Å². The second-order valence-corrected chi connectivity index (χ2v) is 6.86. The van der Waals surface area contributed by atoms with Crippen molar-refractivity contribution >= 4 is 29.2 Å². The van der Waals surface area contributed by atoms with Crippen LogP contribution in [0.2, 0.25) is 5.02 Å². The van der Waals surface area contributed by atoms with Crippen LogP contribution in [0.15, 0.2) is 48.5 Å². The lowest BCUT2D eigenvalue weighted by molar-refractivity contribution is -0.137. The van der Waals surface area contributed by atoms with Crippen LogP contribution in [0.1, 0.15) is 17.5 Å². The molecule has 3 amide bonds. The van der Waals surface area contributed by atoms with E-state index in [9.17, 15) is 22.8 Å². The number of nitrogens with one attached hydrogen (secondary N) is 2. The molecule has 9 heteroatoms. The number of hydrogen-bond acceptors (Lipinski definition) is 2. The predicted octanol–water partition coefficient (Wildman–Crippen LogP) is 4.28. The SMILES string of the molecule is O=C(Nc1ccc(Cl)c(C(F)(F)F)c1)NC1CC(=O)N(Cc2ccccc2)C1. The van der Waals surface area contributed by atoms with Crippen molar-refractivity contribution in [3.05, 3.63) is 64.7 Å². The molecular formula is C19H17ClF3N3O2. The van der Waals surface area contributed by atoms with Crippen LogP contribution in [0.25, 0.3) is 0 Å². The number of rotatable bonds is 4. The smallest absolute Gasteiger partial charge is 0.336 e. The molecule has 0 aromatic heterocycles. The fraction of sp³-hybridized carbons (Fsp3) is 0.263. The number of halogens is 4. The quantitative estimate of drug-likeness (QED) is 0.788. The third kappa shape index (κ3) is 4.95. The molecule has 148 valence electrons. The van der Waals surface area contributed by atoms with Crippen LogP contribution in [0.4, 0.5) is 23.7 Å². The second-order valence-electron chi connectivity index (χ2n) is 6.45. The number of likely N-dealkylation sites (tertiary alicyclic amines) is 1. The van der Waals surface area contributed by atoms with Gasteiger partial charge in [-0.05, 0) is 23.8 Å². The molecule has 2 N–H and O–H groups in total. The Labute approximate surface area is 164 Å². The largest absolute Gasteiger partial charge is 0.417 e. The number of carbonyl (C=O) groups excluding carboxylic acids is 2. The summed E-state index contributed by atoms with van der Waals surface area (Å²) in [6.07, 6.45) is -4.49. The van der Waals surface area contributed by atoms with Crippen LogP contribution in [0, 0.1) is 0 Å². The van der Waals surface area contributed by atoms with Gasteiger partial charge in [0, 0.05) is 25.2 Å². The summed E-state index contributed by atoms with van der Waals surface area (Å²) in [6, 6.07) is 11.4. The summed E-state index contributed by atoms with van der Waals surface area (Å²) in [4.78, 5) is 25.9. The molecule has 1 aliphatic rings. The van der Waals surface area contributed by atoms with Crippen LogP contribution in [-0.4, -0.2) is 29.4 Å². The third-order valence-electron chi connectivity index (χ3n) is 4.30. The van der Waals surface area contributed by atoms with Crippen molar-refractivity contribution in [3.8, 4) is 0 Å². The molecule has 28 heavy (non-hydrogen) atoms. The first kappa shape index (κ1) is 20.0. The van der Waals surface area contributed by atoms with Crippen LogP contribution < -0.4 is 10.6 Å². The van der Waals surface area contributed by atoms with Gasteiger partial charge in [-0.15, -0.1) is 0 Å². The maximum atomic E-state index is 12.9. The van der Waals surface area contributed by atoms with Gasteiger partial charge in [0.2, 0.25) is 5.91 Å². The van der Waals surface area contributed by atoms with E-state index in [1.807, 2.05) is 30.3 Å². The predicted molar refractivity (Wildman–Crippen MR) is 98.9 cm³/mol. The van der Waals surface area contributed by atoms with Crippen molar-refractivity contribution < 1.29 is 22.8 Å². The summed E-state index contributed by atoms with van der Waals surface area (Å²) in [7, 11) is 0. The minimum Gasteiger partial charge on any atom is -0.336 e. The highest BCUT2D eigenvalue weighted by Gasteiger charge is 2.34. The van der Waals surface area contributed by atoms with E-state index < -0.39 is 28.8 Å². The Morgan fingerprint density at radius 1 is 1.18 bits per heavy atom. The first-order chi connectivity index (χ1) is 13.2. The van der Waals surface area contributed by atoms with Crippen molar-refractivity contribution in [1.29, 1.82) is 0 Å². The molecule has 1 saturated heterocycles. The molecule has 2 aromatic carbocycles. The van der Waals surface area contributed by atoms with Gasteiger partial charge in [0.15, 0.2) is 0 Å². The van der Waals surface area contributed by atoms with Crippen LogP contribution in [-0.2, 0) is 17.5 Å². The first-order valence-electron chi connectivity index (χ1n) is 8.48. The topological polar surface area (TPSA) is 61.4 Å². The molecule has 1 fully saturated rings. The maximum absolute atomic E-state index is 12.9. The van der Waals surface area contributed by atoms with Gasteiger partial charge in [-0.25, -0.2) is 4.79 Å². The third-order valence-corrected chi connectivity index (χ3v) is 4.63. The molecule has 0 radical (unpaired) electrons. The molecule has 5 nitrogen and oxygen atoms in total. The fourth-order valence-electron chi connectivity index (χ4n) is 3.00. The van der Waals surface area contributed by atoms with Gasteiger partial charge in [0.1, 0.15) is 0 Å². The van der Waals surface area contributed by atoms with Gasteiger partial charge in [0.25, 0.3) is 0 Å². The highest BCUT2D eigenvalue weighted by atomic mass is 35.5. The highest BCUT2D eigenvalue weighted by Crippen LogP contribution is 2.36. The number of alkyl halides is 3. The number of amides is 3. The first-order valence-corrected chi connectivity index (χ1v) is 8.86. The normalized spacial score (nSPS) is 16.9. The van der Waals surface area contributed by atoms with E-state index in [0.29, 0.717) is 13.1 Å². The Morgan fingerprint density at radius 3 is 2.57 bits per heavy atom. The molecule has 0 spiro atoms. The Kier molecular flexibility index (Phi) is 5.79. The van der Waals surface area contributed by atoms with Gasteiger partial charge < -0.3 is 15.5 Å². The lowest BCUT2D eigenvalue weighted by atomic mass is 10.2. The van der Waals surface area contributed by atoms with Gasteiger partial charge in [0.05, 0.1) is 16.6 Å². The van der Waals surface area contributed by atoms with Crippen molar-refractivity contribution in [3.63, 3.8) is 0 Å². The Balaban J connectivity index is 1.58. The molecule has 1 atom stereocenters. The average molecular weight is 412 g/mol. The van der Waals surface area contributed by atoms with Gasteiger partial charge >= 0.3 is 12.2 Å². The number of nitrogens with zero attached hydrogens (tertiary/aromatic N) is 1. The molecule has 0 bridgehead atoms.